The van der Waals surface area contributed by atoms with Crippen molar-refractivity contribution in [1.29, 1.82) is 0 Å². The van der Waals surface area contributed by atoms with Gasteiger partial charge in [-0.15, -0.1) is 0 Å². The van der Waals surface area contributed by atoms with Gasteiger partial charge < -0.3 is 9.88 Å². The first-order valence-corrected chi connectivity index (χ1v) is 8.92. The summed E-state index contributed by atoms with van der Waals surface area (Å²) in [7, 11) is 0. The molecule has 0 spiro atoms. The van der Waals surface area contributed by atoms with Crippen LogP contribution in [0.2, 0.25) is 0 Å². The van der Waals surface area contributed by atoms with E-state index in [1.807, 2.05) is 41.2 Å². The number of nitrogens with one attached hydrogen (secondary N) is 1. The Morgan fingerprint density at radius 3 is 2.67 bits per heavy atom. The van der Waals surface area contributed by atoms with Crippen molar-refractivity contribution < 1.29 is 0 Å². The maximum atomic E-state index is 4.49. The van der Waals surface area contributed by atoms with Gasteiger partial charge in [0.25, 0.3) is 0 Å². The first kappa shape index (κ1) is 15.6. The molecule has 6 nitrogen and oxygen atoms in total. The third-order valence-electron chi connectivity index (χ3n) is 4.69. The van der Waals surface area contributed by atoms with Crippen molar-refractivity contribution in [3.63, 3.8) is 0 Å². The molecule has 0 aliphatic rings. The average Bonchev–Trinajstić information content (AvgIpc) is 3.34. The molecule has 5 aromatic rings. The molecule has 0 bridgehead atoms. The molecule has 5 rings (SSSR count). The van der Waals surface area contributed by atoms with E-state index in [1.165, 1.54) is 10.9 Å². The van der Waals surface area contributed by atoms with Gasteiger partial charge in [-0.1, -0.05) is 36.4 Å². The highest BCUT2D eigenvalue weighted by molar-refractivity contribution is 5.87. The highest BCUT2D eigenvalue weighted by Crippen LogP contribution is 2.21. The molecule has 0 unspecified atom stereocenters. The molecule has 0 saturated carbocycles. The molecule has 0 aliphatic carbocycles. The largest absolute Gasteiger partial charge is 0.368 e. The van der Waals surface area contributed by atoms with E-state index < -0.39 is 0 Å². The van der Waals surface area contributed by atoms with E-state index in [-0.39, 0.29) is 0 Å². The molecule has 2 aromatic carbocycles. The molecule has 1 N–H and O–H groups in total. The van der Waals surface area contributed by atoms with Gasteiger partial charge in [0.15, 0.2) is 5.65 Å². The van der Waals surface area contributed by atoms with Crippen LogP contribution in [0.5, 0.6) is 0 Å². The number of benzene rings is 2. The summed E-state index contributed by atoms with van der Waals surface area (Å²) in [6, 6.07) is 20.5. The molecule has 0 radical (unpaired) electrons. The predicted molar refractivity (Wildman–Crippen MR) is 107 cm³/mol. The molecule has 3 aromatic heterocycles. The monoisotopic (exact) mass is 354 g/mol. The van der Waals surface area contributed by atoms with Crippen molar-refractivity contribution in [2.45, 2.75) is 6.54 Å². The van der Waals surface area contributed by atoms with Crippen molar-refractivity contribution in [3.05, 3.63) is 79.4 Å². The number of nitrogens with zero attached hydrogens (tertiary/aromatic N) is 5. The Kier molecular flexibility index (Phi) is 3.79. The summed E-state index contributed by atoms with van der Waals surface area (Å²) in [5.41, 5.74) is 3.02. The van der Waals surface area contributed by atoms with Crippen LogP contribution in [0.3, 0.4) is 0 Å². The third-order valence-corrected chi connectivity index (χ3v) is 4.69. The SMILES string of the molecule is c1ccc(-n2ncc3c(NCCn4ccc5ccccc54)ncnc32)cc1. The summed E-state index contributed by atoms with van der Waals surface area (Å²) in [6.45, 7) is 1.62. The first-order valence-electron chi connectivity index (χ1n) is 8.92. The van der Waals surface area contributed by atoms with Gasteiger partial charge >= 0.3 is 0 Å². The van der Waals surface area contributed by atoms with Gasteiger partial charge in [-0.25, -0.2) is 14.6 Å². The van der Waals surface area contributed by atoms with Gasteiger partial charge in [-0.05, 0) is 29.7 Å². The van der Waals surface area contributed by atoms with Gasteiger partial charge in [0.05, 0.1) is 17.3 Å². The Morgan fingerprint density at radius 1 is 0.889 bits per heavy atom. The quantitative estimate of drug-likeness (QED) is 0.520. The molecule has 27 heavy (non-hydrogen) atoms. The predicted octanol–water partition coefficient (Wildman–Crippen LogP) is 3.88. The van der Waals surface area contributed by atoms with Crippen LogP contribution < -0.4 is 5.32 Å². The lowest BCUT2D eigenvalue weighted by Gasteiger charge is -2.09. The van der Waals surface area contributed by atoms with Gasteiger partial charge in [-0.3, -0.25) is 0 Å². The molecule has 0 aliphatic heterocycles. The average molecular weight is 354 g/mol. The van der Waals surface area contributed by atoms with Crippen LogP contribution in [0.25, 0.3) is 27.6 Å². The highest BCUT2D eigenvalue weighted by Gasteiger charge is 2.10. The standard InChI is InChI=1S/C21H18N6/c1-2-7-17(8-3-1)27-21-18(14-25-27)20(23-15-24-21)22-11-13-26-12-10-16-6-4-5-9-19(16)26/h1-10,12,14-15H,11,13H2,(H,22,23,24). The number of rotatable bonds is 5. The van der Waals surface area contributed by atoms with Crippen molar-refractivity contribution in [1.82, 2.24) is 24.3 Å². The number of para-hydroxylation sites is 2. The van der Waals surface area contributed by atoms with Crippen LogP contribution in [-0.2, 0) is 6.54 Å². The normalized spacial score (nSPS) is 11.3. The zero-order valence-electron chi connectivity index (χ0n) is 14.7. The maximum Gasteiger partial charge on any atom is 0.168 e. The maximum absolute atomic E-state index is 4.49. The molecule has 6 heteroatoms. The lowest BCUT2D eigenvalue weighted by atomic mass is 10.2. The molecule has 132 valence electrons. The molecule has 0 atom stereocenters. The molecule has 0 saturated heterocycles. The van der Waals surface area contributed by atoms with Crippen LogP contribution in [0.1, 0.15) is 0 Å². The fourth-order valence-corrected chi connectivity index (χ4v) is 3.37. The molecule has 0 fully saturated rings. The Bertz CT molecular complexity index is 1210. The molecule has 0 amide bonds. The molecular weight excluding hydrogens is 336 g/mol. The van der Waals surface area contributed by atoms with Crippen molar-refractivity contribution in [2.24, 2.45) is 0 Å². The van der Waals surface area contributed by atoms with E-state index in [0.717, 1.165) is 35.6 Å². The summed E-state index contributed by atoms with van der Waals surface area (Å²) >= 11 is 0. The van der Waals surface area contributed by atoms with Gasteiger partial charge in [0.2, 0.25) is 0 Å². The van der Waals surface area contributed by atoms with Crippen LogP contribution in [0.15, 0.2) is 79.4 Å². The van der Waals surface area contributed by atoms with E-state index in [2.05, 4.69) is 61.5 Å². The van der Waals surface area contributed by atoms with Crippen LogP contribution in [-0.4, -0.2) is 30.9 Å². The second-order valence-electron chi connectivity index (χ2n) is 6.35. The smallest absolute Gasteiger partial charge is 0.168 e. The lowest BCUT2D eigenvalue weighted by Crippen LogP contribution is -2.11. The zero-order chi connectivity index (χ0) is 18.1. The zero-order valence-corrected chi connectivity index (χ0v) is 14.7. The fraction of sp³-hybridized carbons (Fsp3) is 0.0952. The van der Waals surface area contributed by atoms with E-state index in [1.54, 1.807) is 6.33 Å². The van der Waals surface area contributed by atoms with E-state index >= 15 is 0 Å². The van der Waals surface area contributed by atoms with Gasteiger partial charge in [0, 0.05) is 24.8 Å². The van der Waals surface area contributed by atoms with E-state index in [4.69, 9.17) is 0 Å². The number of fused-ring (bicyclic) bond motifs is 2. The minimum atomic E-state index is 0.765. The van der Waals surface area contributed by atoms with Gasteiger partial charge in [-0.2, -0.15) is 5.10 Å². The van der Waals surface area contributed by atoms with Crippen LogP contribution in [0, 0.1) is 0 Å². The number of hydrogen-bond donors (Lipinski definition) is 1. The lowest BCUT2D eigenvalue weighted by molar-refractivity contribution is 0.755. The summed E-state index contributed by atoms with van der Waals surface area (Å²) in [4.78, 5) is 8.83. The highest BCUT2D eigenvalue weighted by atomic mass is 15.3. The van der Waals surface area contributed by atoms with E-state index in [0.29, 0.717) is 0 Å². The summed E-state index contributed by atoms with van der Waals surface area (Å²) in [5.74, 6) is 0.804. The third kappa shape index (κ3) is 2.81. The van der Waals surface area contributed by atoms with E-state index in [9.17, 15) is 0 Å². The Morgan fingerprint density at radius 2 is 1.74 bits per heavy atom. The van der Waals surface area contributed by atoms with Crippen LogP contribution in [0.4, 0.5) is 5.82 Å². The first-order chi connectivity index (χ1) is 13.4. The topological polar surface area (TPSA) is 60.6 Å². The Balaban J connectivity index is 1.39. The molecular formula is C21H18N6. The fourth-order valence-electron chi connectivity index (χ4n) is 3.37. The van der Waals surface area contributed by atoms with Crippen molar-refractivity contribution >= 4 is 27.8 Å². The minimum Gasteiger partial charge on any atom is -0.368 e. The van der Waals surface area contributed by atoms with Crippen molar-refractivity contribution in [3.8, 4) is 5.69 Å². The molecule has 3 heterocycles. The number of hydrogen-bond acceptors (Lipinski definition) is 4. The summed E-state index contributed by atoms with van der Waals surface area (Å²) in [6.07, 6.45) is 5.52. The Labute approximate surface area is 156 Å². The number of anilines is 1. The second-order valence-corrected chi connectivity index (χ2v) is 6.35. The second kappa shape index (κ2) is 6.57. The van der Waals surface area contributed by atoms with Gasteiger partial charge in [0.1, 0.15) is 12.1 Å². The Hall–Kier alpha value is -3.67. The summed E-state index contributed by atoms with van der Waals surface area (Å²) in [5, 5.41) is 10.1. The van der Waals surface area contributed by atoms with Crippen LogP contribution >= 0.6 is 0 Å². The number of aromatic nitrogens is 5. The van der Waals surface area contributed by atoms with Crippen molar-refractivity contribution in [2.75, 3.05) is 11.9 Å². The summed E-state index contributed by atoms with van der Waals surface area (Å²) < 4.78 is 4.08. The minimum absolute atomic E-state index is 0.765.